The van der Waals surface area contributed by atoms with Crippen LogP contribution in [-0.4, -0.2) is 36.6 Å². The van der Waals surface area contributed by atoms with E-state index >= 15 is 0 Å². The lowest BCUT2D eigenvalue weighted by Crippen LogP contribution is -2.32. The van der Waals surface area contributed by atoms with Gasteiger partial charge in [0.25, 0.3) is 0 Å². The van der Waals surface area contributed by atoms with Gasteiger partial charge in [-0.3, -0.25) is 9.59 Å². The van der Waals surface area contributed by atoms with Crippen molar-refractivity contribution in [2.45, 2.75) is 32.6 Å². The summed E-state index contributed by atoms with van der Waals surface area (Å²) in [5, 5.41) is 6.94. The molecule has 0 fully saturated rings. The Kier molecular flexibility index (Phi) is 8.88. The van der Waals surface area contributed by atoms with Crippen molar-refractivity contribution in [3.05, 3.63) is 80.7 Å². The maximum Gasteiger partial charge on any atom is 0.345 e. The first kappa shape index (κ1) is 27.0. The lowest BCUT2D eigenvalue weighted by Gasteiger charge is -2.12. The number of benzene rings is 2. The van der Waals surface area contributed by atoms with Crippen LogP contribution in [0.4, 0.5) is 5.00 Å². The van der Waals surface area contributed by atoms with E-state index in [0.29, 0.717) is 21.9 Å². The molecular weight excluding hydrogens is 530 g/mol. The van der Waals surface area contributed by atoms with Gasteiger partial charge in [-0.15, -0.1) is 11.3 Å². The van der Waals surface area contributed by atoms with E-state index in [4.69, 9.17) is 21.1 Å². The number of nitrogens with one attached hydrogen (secondary N) is 2. The van der Waals surface area contributed by atoms with E-state index in [1.165, 1.54) is 17.6 Å². The number of esters is 2. The van der Waals surface area contributed by atoms with E-state index in [2.05, 4.69) is 15.8 Å². The third-order valence-corrected chi connectivity index (χ3v) is 7.19. The van der Waals surface area contributed by atoms with Crippen molar-refractivity contribution < 1.29 is 28.7 Å². The van der Waals surface area contributed by atoms with Gasteiger partial charge in [-0.2, -0.15) is 5.10 Å². The zero-order valence-electron chi connectivity index (χ0n) is 20.4. The van der Waals surface area contributed by atoms with E-state index in [1.54, 1.807) is 55.5 Å². The quantitative estimate of drug-likeness (QED) is 0.143. The van der Waals surface area contributed by atoms with Crippen LogP contribution in [0, 0.1) is 0 Å². The molecule has 0 unspecified atom stereocenters. The molecular formula is C27H24ClN3O6S. The first-order valence-corrected chi connectivity index (χ1v) is 13.1. The zero-order valence-corrected chi connectivity index (χ0v) is 22.0. The Hall–Kier alpha value is -4.02. The minimum atomic E-state index is -0.993. The minimum absolute atomic E-state index is 0.205. The number of carbonyl (C=O) groups excluding carboxylic acids is 4. The van der Waals surface area contributed by atoms with Gasteiger partial charge in [0, 0.05) is 4.88 Å². The third-order valence-electron chi connectivity index (χ3n) is 5.65. The average Bonchev–Trinajstić information content (AvgIpc) is 3.27. The number of hydrogen-bond acceptors (Lipinski definition) is 8. The van der Waals surface area contributed by atoms with Gasteiger partial charge in [0.1, 0.15) is 10.8 Å². The molecule has 38 heavy (non-hydrogen) atoms. The highest BCUT2D eigenvalue weighted by Gasteiger charge is 2.28. The standard InChI is InChI=1S/C27H24ClN3O6S/c1-2-36-27(35)22-19-8-4-6-10-21(19)38-25(22)30-23(32)24(33)31-29-15-16-11-13-17(14-12-16)37-26(34)18-7-3-5-9-20(18)28/h3,5,7,9,11-15H,2,4,6,8,10H2,1H3,(H,30,32)(H,31,33). The van der Waals surface area contributed by atoms with Crippen molar-refractivity contribution in [1.29, 1.82) is 0 Å². The first-order chi connectivity index (χ1) is 18.4. The van der Waals surface area contributed by atoms with E-state index in [9.17, 15) is 19.2 Å². The Morgan fingerprint density at radius 3 is 2.47 bits per heavy atom. The third kappa shape index (κ3) is 6.45. The molecule has 9 nitrogen and oxygen atoms in total. The number of carbonyl (C=O) groups is 4. The lowest BCUT2D eigenvalue weighted by atomic mass is 9.95. The molecule has 0 saturated heterocycles. The predicted octanol–water partition coefficient (Wildman–Crippen LogP) is 4.77. The smallest absolute Gasteiger partial charge is 0.345 e. The van der Waals surface area contributed by atoms with E-state index in [1.807, 2.05) is 0 Å². The van der Waals surface area contributed by atoms with Crippen LogP contribution in [0.5, 0.6) is 5.75 Å². The molecule has 2 amide bonds. The second-order valence-corrected chi connectivity index (χ2v) is 9.74. The first-order valence-electron chi connectivity index (χ1n) is 11.9. The number of halogens is 1. The molecule has 11 heteroatoms. The summed E-state index contributed by atoms with van der Waals surface area (Å²) in [5.41, 5.74) is 4.21. The van der Waals surface area contributed by atoms with Crippen LogP contribution in [-0.2, 0) is 27.2 Å². The maximum atomic E-state index is 12.5. The largest absolute Gasteiger partial charge is 0.462 e. The number of rotatable bonds is 7. The summed E-state index contributed by atoms with van der Waals surface area (Å²) in [6.45, 7) is 1.91. The highest BCUT2D eigenvalue weighted by Crippen LogP contribution is 2.38. The molecule has 1 aliphatic carbocycles. The second-order valence-electron chi connectivity index (χ2n) is 8.23. The fourth-order valence-corrected chi connectivity index (χ4v) is 5.35. The highest BCUT2D eigenvalue weighted by atomic mass is 35.5. The van der Waals surface area contributed by atoms with Crippen molar-refractivity contribution in [3.8, 4) is 5.75 Å². The van der Waals surface area contributed by atoms with Crippen LogP contribution >= 0.6 is 22.9 Å². The zero-order chi connectivity index (χ0) is 27.1. The number of aryl methyl sites for hydroxylation is 1. The van der Waals surface area contributed by atoms with Crippen LogP contribution in [0.3, 0.4) is 0 Å². The van der Waals surface area contributed by atoms with E-state index in [-0.39, 0.29) is 17.2 Å². The number of ether oxygens (including phenoxy) is 2. The summed E-state index contributed by atoms with van der Waals surface area (Å²) in [6.07, 6.45) is 4.83. The number of hydrazone groups is 1. The summed E-state index contributed by atoms with van der Waals surface area (Å²) in [7, 11) is 0. The van der Waals surface area contributed by atoms with Crippen LogP contribution in [0.2, 0.25) is 5.02 Å². The molecule has 0 saturated carbocycles. The van der Waals surface area contributed by atoms with Gasteiger partial charge in [0.05, 0.1) is 29.0 Å². The molecule has 2 N–H and O–H groups in total. The van der Waals surface area contributed by atoms with Gasteiger partial charge in [-0.1, -0.05) is 23.7 Å². The molecule has 0 radical (unpaired) electrons. The van der Waals surface area contributed by atoms with Crippen molar-refractivity contribution in [3.63, 3.8) is 0 Å². The summed E-state index contributed by atoms with van der Waals surface area (Å²) in [4.78, 5) is 50.6. The van der Waals surface area contributed by atoms with Crippen molar-refractivity contribution >= 4 is 57.9 Å². The van der Waals surface area contributed by atoms with Crippen molar-refractivity contribution in [1.82, 2.24) is 5.43 Å². The Morgan fingerprint density at radius 1 is 1.00 bits per heavy atom. The molecule has 196 valence electrons. The SMILES string of the molecule is CCOC(=O)c1c(NC(=O)C(=O)NN=Cc2ccc(OC(=O)c3ccccc3Cl)cc2)sc2c1CCCC2. The van der Waals surface area contributed by atoms with Gasteiger partial charge >= 0.3 is 23.8 Å². The highest BCUT2D eigenvalue weighted by molar-refractivity contribution is 7.17. The summed E-state index contributed by atoms with van der Waals surface area (Å²) < 4.78 is 10.5. The lowest BCUT2D eigenvalue weighted by molar-refractivity contribution is -0.136. The fourth-order valence-electron chi connectivity index (χ4n) is 3.86. The minimum Gasteiger partial charge on any atom is -0.462 e. The van der Waals surface area contributed by atoms with E-state index < -0.39 is 23.8 Å². The number of amides is 2. The van der Waals surface area contributed by atoms with Crippen LogP contribution < -0.4 is 15.5 Å². The number of thiophene rings is 1. The average molecular weight is 554 g/mol. The Morgan fingerprint density at radius 2 is 1.74 bits per heavy atom. The number of anilines is 1. The van der Waals surface area contributed by atoms with Crippen LogP contribution in [0.25, 0.3) is 0 Å². The van der Waals surface area contributed by atoms with Gasteiger partial charge in [0.15, 0.2) is 0 Å². The maximum absolute atomic E-state index is 12.5. The molecule has 0 aliphatic heterocycles. The van der Waals surface area contributed by atoms with Gasteiger partial charge < -0.3 is 14.8 Å². The molecule has 0 bridgehead atoms. The van der Waals surface area contributed by atoms with Crippen LogP contribution in [0.1, 0.15) is 56.5 Å². The predicted molar refractivity (Wildman–Crippen MR) is 144 cm³/mol. The Balaban J connectivity index is 1.34. The monoisotopic (exact) mass is 553 g/mol. The number of fused-ring (bicyclic) bond motifs is 1. The molecule has 3 aromatic rings. The Bertz CT molecular complexity index is 1400. The number of nitrogens with zero attached hydrogens (tertiary/aromatic N) is 1. The summed E-state index contributed by atoms with van der Waals surface area (Å²) in [6, 6.07) is 12.9. The molecule has 0 atom stereocenters. The molecule has 1 aliphatic rings. The van der Waals surface area contributed by atoms with E-state index in [0.717, 1.165) is 36.1 Å². The van der Waals surface area contributed by atoms with Gasteiger partial charge in [-0.25, -0.2) is 15.0 Å². The summed E-state index contributed by atoms with van der Waals surface area (Å²) in [5.74, 6) is -2.75. The van der Waals surface area contributed by atoms with Crippen molar-refractivity contribution in [2.75, 3.05) is 11.9 Å². The molecule has 2 aromatic carbocycles. The Labute approximate surface area is 227 Å². The number of hydrogen-bond donors (Lipinski definition) is 2. The molecule has 0 spiro atoms. The van der Waals surface area contributed by atoms with Gasteiger partial charge in [0.2, 0.25) is 0 Å². The molecule has 1 aromatic heterocycles. The second kappa shape index (κ2) is 12.5. The van der Waals surface area contributed by atoms with Gasteiger partial charge in [-0.05, 0) is 80.1 Å². The van der Waals surface area contributed by atoms with Crippen LogP contribution in [0.15, 0.2) is 53.6 Å². The summed E-state index contributed by atoms with van der Waals surface area (Å²) >= 11 is 7.31. The molecule has 1 heterocycles. The normalized spacial score (nSPS) is 12.5. The molecule has 4 rings (SSSR count). The van der Waals surface area contributed by atoms with Crippen molar-refractivity contribution in [2.24, 2.45) is 5.10 Å². The topological polar surface area (TPSA) is 123 Å². The fraction of sp³-hybridized carbons (Fsp3) is 0.222.